The molecule has 1 aliphatic rings. The molecule has 0 bridgehead atoms. The molecular formula is C20H19IN2O2. The fourth-order valence-corrected chi connectivity index (χ4v) is 3.65. The lowest BCUT2D eigenvalue weighted by Gasteiger charge is -2.14. The first-order valence-electron chi connectivity index (χ1n) is 8.26. The van der Waals surface area contributed by atoms with Crippen LogP contribution in [-0.2, 0) is 13.6 Å². The molecule has 128 valence electrons. The van der Waals surface area contributed by atoms with Crippen molar-refractivity contribution in [2.75, 3.05) is 0 Å². The number of carbonyl (C=O) groups excluding carboxylic acids is 2. The number of hydrogen-bond donors (Lipinski definition) is 0. The number of aromatic nitrogens is 2. The Balaban J connectivity index is 0.00000182. The molecule has 0 amide bonds. The summed E-state index contributed by atoms with van der Waals surface area (Å²) in [5.74, 6) is 0.814. The van der Waals surface area contributed by atoms with Gasteiger partial charge in [-0.1, -0.05) is 31.2 Å². The molecule has 0 spiro atoms. The molecule has 0 aliphatic heterocycles. The van der Waals surface area contributed by atoms with Crippen molar-refractivity contribution in [3.05, 3.63) is 64.7 Å². The van der Waals surface area contributed by atoms with E-state index in [-0.39, 0.29) is 35.5 Å². The van der Waals surface area contributed by atoms with E-state index in [9.17, 15) is 9.59 Å². The van der Waals surface area contributed by atoms with Gasteiger partial charge >= 0.3 is 0 Å². The van der Waals surface area contributed by atoms with Crippen LogP contribution in [0.4, 0.5) is 0 Å². The number of ketones is 2. The van der Waals surface area contributed by atoms with Gasteiger partial charge in [-0.3, -0.25) is 9.59 Å². The first-order valence-corrected chi connectivity index (χ1v) is 8.26. The van der Waals surface area contributed by atoms with Gasteiger partial charge in [-0.05, 0) is 29.3 Å². The second kappa shape index (κ2) is 6.37. The molecule has 1 aliphatic carbocycles. The van der Waals surface area contributed by atoms with E-state index in [1.165, 1.54) is 0 Å². The summed E-state index contributed by atoms with van der Waals surface area (Å²) in [6.07, 6.45) is 0.911. The summed E-state index contributed by atoms with van der Waals surface area (Å²) in [5.41, 5.74) is 2.07. The quantitative estimate of drug-likeness (QED) is 0.321. The molecule has 0 N–H and O–H groups in total. The molecule has 0 saturated carbocycles. The maximum atomic E-state index is 13.2. The predicted molar refractivity (Wildman–Crippen MR) is 91.4 cm³/mol. The van der Waals surface area contributed by atoms with E-state index in [2.05, 4.69) is 6.92 Å². The van der Waals surface area contributed by atoms with Crippen LogP contribution in [0.5, 0.6) is 0 Å². The molecule has 0 atom stereocenters. The Labute approximate surface area is 163 Å². The Morgan fingerprint density at radius 3 is 2.12 bits per heavy atom. The first kappa shape index (κ1) is 17.8. The number of imidazole rings is 1. The third kappa shape index (κ3) is 2.44. The molecular weight excluding hydrogens is 427 g/mol. The molecule has 5 heteroatoms. The highest BCUT2D eigenvalue weighted by atomic mass is 127. The molecule has 1 aromatic heterocycles. The summed E-state index contributed by atoms with van der Waals surface area (Å²) in [4.78, 5) is 26.3. The van der Waals surface area contributed by atoms with Crippen molar-refractivity contribution in [2.24, 2.45) is 7.05 Å². The summed E-state index contributed by atoms with van der Waals surface area (Å²) >= 11 is 0. The van der Waals surface area contributed by atoms with Crippen LogP contribution in [0, 0.1) is 6.92 Å². The lowest BCUT2D eigenvalue weighted by atomic mass is 9.87. The molecule has 0 unspecified atom stereocenters. The molecule has 0 fully saturated rings. The Hall–Kier alpha value is -2.02. The number of nitrogens with zero attached hydrogens (tertiary/aromatic N) is 2. The highest BCUT2D eigenvalue weighted by molar-refractivity contribution is 6.27. The predicted octanol–water partition coefficient (Wildman–Crippen LogP) is -0.0364. The Kier molecular flexibility index (Phi) is 4.53. The lowest BCUT2D eigenvalue weighted by molar-refractivity contribution is -0.679. The van der Waals surface area contributed by atoms with Crippen molar-refractivity contribution < 1.29 is 38.1 Å². The van der Waals surface area contributed by atoms with Crippen LogP contribution in [0.1, 0.15) is 51.3 Å². The molecule has 0 saturated heterocycles. The minimum Gasteiger partial charge on any atom is -1.00 e. The van der Waals surface area contributed by atoms with Gasteiger partial charge in [0.15, 0.2) is 0 Å². The van der Waals surface area contributed by atoms with Crippen LogP contribution in [0.3, 0.4) is 0 Å². The van der Waals surface area contributed by atoms with Gasteiger partial charge in [0.25, 0.3) is 5.82 Å². The van der Waals surface area contributed by atoms with E-state index in [1.54, 1.807) is 0 Å². The Morgan fingerprint density at radius 2 is 1.56 bits per heavy atom. The number of hydrogen-bond acceptors (Lipinski definition) is 2. The lowest BCUT2D eigenvalue weighted by Crippen LogP contribution is -3.00. The number of fused-ring (bicyclic) bond motifs is 3. The number of halogens is 1. The largest absolute Gasteiger partial charge is 1.00 e. The summed E-state index contributed by atoms with van der Waals surface area (Å²) in [7, 11) is 1.86. The molecule has 1 heterocycles. The molecule has 4 nitrogen and oxygen atoms in total. The average Bonchev–Trinajstić information content (AvgIpc) is 2.84. The number of carbonyl (C=O) groups is 2. The van der Waals surface area contributed by atoms with E-state index in [0.29, 0.717) is 22.5 Å². The monoisotopic (exact) mass is 446 g/mol. The zero-order valence-electron chi connectivity index (χ0n) is 14.5. The first-order chi connectivity index (χ1) is 11.5. The van der Waals surface area contributed by atoms with Crippen LogP contribution in [0.15, 0.2) is 36.4 Å². The summed E-state index contributed by atoms with van der Waals surface area (Å²) in [6, 6.07) is 11.5. The average molecular weight is 446 g/mol. The fraction of sp³-hybridized carbons (Fsp3) is 0.250. The maximum absolute atomic E-state index is 13.2. The van der Waals surface area contributed by atoms with Crippen molar-refractivity contribution in [3.8, 4) is 0 Å². The van der Waals surface area contributed by atoms with Gasteiger partial charge in [-0.2, -0.15) is 0 Å². The number of benzene rings is 2. The minimum absolute atomic E-state index is 0. The van der Waals surface area contributed by atoms with Crippen molar-refractivity contribution in [3.63, 3.8) is 0 Å². The standard InChI is InChI=1S/C20H19N2O2.HI/c1-4-9-22-12(2)21(3)17-18(22)20(24)16-11-14-8-6-5-7-13(14)10-15(16)19(17)23;/h5-8,10-11H,4,9H2,1-3H3;1H/q+1;/p-1. The van der Waals surface area contributed by atoms with Gasteiger partial charge in [0.05, 0.1) is 13.6 Å². The zero-order valence-corrected chi connectivity index (χ0v) is 16.6. The van der Waals surface area contributed by atoms with Gasteiger partial charge in [0.1, 0.15) is 0 Å². The van der Waals surface area contributed by atoms with Gasteiger partial charge < -0.3 is 24.0 Å². The minimum atomic E-state index is -0.0641. The van der Waals surface area contributed by atoms with E-state index in [1.807, 2.05) is 59.5 Å². The highest BCUT2D eigenvalue weighted by Crippen LogP contribution is 2.30. The second-order valence-corrected chi connectivity index (χ2v) is 6.36. The van der Waals surface area contributed by atoms with Gasteiger partial charge in [0.2, 0.25) is 23.0 Å². The highest BCUT2D eigenvalue weighted by Gasteiger charge is 2.41. The topological polar surface area (TPSA) is 43.0 Å². The van der Waals surface area contributed by atoms with Crippen LogP contribution >= 0.6 is 0 Å². The molecule has 0 radical (unpaired) electrons. The molecule has 4 rings (SSSR count). The van der Waals surface area contributed by atoms with Crippen LogP contribution in [-0.4, -0.2) is 16.1 Å². The third-order valence-corrected chi connectivity index (χ3v) is 4.96. The normalized spacial score (nSPS) is 12.8. The van der Waals surface area contributed by atoms with E-state index >= 15 is 0 Å². The summed E-state index contributed by atoms with van der Waals surface area (Å²) in [6.45, 7) is 4.76. The van der Waals surface area contributed by atoms with E-state index < -0.39 is 0 Å². The summed E-state index contributed by atoms with van der Waals surface area (Å²) < 4.78 is 3.83. The molecule has 25 heavy (non-hydrogen) atoms. The Bertz CT molecular complexity index is 1030. The van der Waals surface area contributed by atoms with Crippen molar-refractivity contribution >= 4 is 22.3 Å². The number of rotatable bonds is 2. The van der Waals surface area contributed by atoms with Crippen molar-refractivity contribution in [1.82, 2.24) is 4.57 Å². The van der Waals surface area contributed by atoms with Crippen molar-refractivity contribution in [2.45, 2.75) is 26.8 Å². The second-order valence-electron chi connectivity index (χ2n) is 6.36. The SMILES string of the molecule is CCCn1c2c([n+](C)c1C)C(=O)c1cc3ccccc3cc1C2=O.[I-]. The van der Waals surface area contributed by atoms with Crippen molar-refractivity contribution in [1.29, 1.82) is 0 Å². The molecule has 3 aromatic rings. The van der Waals surface area contributed by atoms with Gasteiger partial charge in [-0.15, -0.1) is 0 Å². The van der Waals surface area contributed by atoms with Gasteiger partial charge in [-0.25, -0.2) is 9.13 Å². The van der Waals surface area contributed by atoms with Crippen LogP contribution in [0.2, 0.25) is 0 Å². The van der Waals surface area contributed by atoms with E-state index in [0.717, 1.165) is 29.6 Å². The maximum Gasteiger partial charge on any atom is 0.254 e. The van der Waals surface area contributed by atoms with E-state index in [4.69, 9.17) is 0 Å². The fourth-order valence-electron chi connectivity index (χ4n) is 3.65. The van der Waals surface area contributed by atoms with Crippen LogP contribution < -0.4 is 28.5 Å². The summed E-state index contributed by atoms with van der Waals surface area (Å²) in [5, 5.41) is 1.96. The Morgan fingerprint density at radius 1 is 1.00 bits per heavy atom. The smallest absolute Gasteiger partial charge is 0.254 e. The molecule has 2 aromatic carbocycles. The van der Waals surface area contributed by atoms with Gasteiger partial charge in [0, 0.05) is 18.1 Å². The zero-order chi connectivity index (χ0) is 17.0. The third-order valence-electron chi connectivity index (χ3n) is 4.96. The van der Waals surface area contributed by atoms with Crippen LogP contribution in [0.25, 0.3) is 10.8 Å².